The average molecular weight is 256 g/mol. The van der Waals surface area contributed by atoms with E-state index in [4.69, 9.17) is 5.26 Å². The van der Waals surface area contributed by atoms with Gasteiger partial charge < -0.3 is 4.90 Å². The maximum Gasteiger partial charge on any atom is 0.0994 e. The molecule has 0 aliphatic heterocycles. The number of benzene rings is 1. The van der Waals surface area contributed by atoms with Crippen LogP contribution in [0.15, 0.2) is 35.7 Å². The second kappa shape index (κ2) is 5.70. The summed E-state index contributed by atoms with van der Waals surface area (Å²) in [5.74, 6) is 0. The van der Waals surface area contributed by atoms with Crippen molar-refractivity contribution < 1.29 is 0 Å². The van der Waals surface area contributed by atoms with E-state index >= 15 is 0 Å². The van der Waals surface area contributed by atoms with Gasteiger partial charge in [0, 0.05) is 17.1 Å². The minimum absolute atomic E-state index is 0.755. The van der Waals surface area contributed by atoms with Gasteiger partial charge in [0.1, 0.15) is 0 Å². The number of anilines is 1. The molecular formula is C15H16N2S. The van der Waals surface area contributed by atoms with Crippen LogP contribution in [0.1, 0.15) is 22.9 Å². The second-order valence-corrected chi connectivity index (χ2v) is 5.24. The summed E-state index contributed by atoms with van der Waals surface area (Å²) in [6.45, 7) is 6.03. The summed E-state index contributed by atoms with van der Waals surface area (Å²) in [7, 11) is 0. The van der Waals surface area contributed by atoms with Gasteiger partial charge in [0.25, 0.3) is 0 Å². The zero-order valence-electron chi connectivity index (χ0n) is 10.7. The quantitative estimate of drug-likeness (QED) is 0.828. The van der Waals surface area contributed by atoms with Gasteiger partial charge in [0.15, 0.2) is 0 Å². The van der Waals surface area contributed by atoms with Crippen molar-refractivity contribution in [3.05, 3.63) is 51.7 Å². The van der Waals surface area contributed by atoms with Crippen LogP contribution in [0, 0.1) is 18.3 Å². The number of nitriles is 1. The molecule has 0 amide bonds. The van der Waals surface area contributed by atoms with E-state index in [1.807, 2.05) is 19.1 Å². The maximum absolute atomic E-state index is 8.95. The molecule has 1 aromatic heterocycles. The highest BCUT2D eigenvalue weighted by molar-refractivity contribution is 7.09. The number of hydrogen-bond acceptors (Lipinski definition) is 3. The highest BCUT2D eigenvalue weighted by Gasteiger charge is 2.07. The molecule has 0 spiro atoms. The van der Waals surface area contributed by atoms with Crippen LogP contribution in [0.2, 0.25) is 0 Å². The van der Waals surface area contributed by atoms with Gasteiger partial charge >= 0.3 is 0 Å². The first kappa shape index (κ1) is 12.7. The van der Waals surface area contributed by atoms with Gasteiger partial charge in [-0.1, -0.05) is 6.07 Å². The fraction of sp³-hybridized carbons (Fsp3) is 0.267. The summed E-state index contributed by atoms with van der Waals surface area (Å²) in [5, 5.41) is 11.1. The molecule has 3 heteroatoms. The van der Waals surface area contributed by atoms with Crippen LogP contribution in [0.25, 0.3) is 0 Å². The lowest BCUT2D eigenvalue weighted by Crippen LogP contribution is -2.21. The minimum atomic E-state index is 0.755. The number of aryl methyl sites for hydroxylation is 1. The molecule has 2 aromatic rings. The third-order valence-electron chi connectivity index (χ3n) is 3.00. The summed E-state index contributed by atoms with van der Waals surface area (Å²) in [5.41, 5.74) is 2.98. The largest absolute Gasteiger partial charge is 0.367 e. The normalized spacial score (nSPS) is 10.1. The van der Waals surface area contributed by atoms with E-state index in [1.165, 1.54) is 10.6 Å². The molecule has 0 aliphatic rings. The molecule has 18 heavy (non-hydrogen) atoms. The molecule has 2 rings (SSSR count). The Balaban J connectivity index is 2.23. The molecule has 0 unspecified atom stereocenters. The van der Waals surface area contributed by atoms with Crippen molar-refractivity contribution in [2.24, 2.45) is 0 Å². The lowest BCUT2D eigenvalue weighted by Gasteiger charge is -2.23. The summed E-state index contributed by atoms with van der Waals surface area (Å²) in [4.78, 5) is 3.68. The van der Waals surface area contributed by atoms with E-state index < -0.39 is 0 Å². The SMILES string of the molecule is CCN(Cc1cccs1)c1ccc(C#N)c(C)c1. The average Bonchev–Trinajstić information content (AvgIpc) is 2.88. The molecule has 0 fully saturated rings. The van der Waals surface area contributed by atoms with Crippen LogP contribution in [0.4, 0.5) is 5.69 Å². The highest BCUT2D eigenvalue weighted by Crippen LogP contribution is 2.22. The van der Waals surface area contributed by atoms with Crippen LogP contribution < -0.4 is 4.90 Å². The molecule has 0 radical (unpaired) electrons. The monoisotopic (exact) mass is 256 g/mol. The first-order valence-corrected chi connectivity index (χ1v) is 6.90. The van der Waals surface area contributed by atoms with E-state index in [2.05, 4.69) is 41.5 Å². The number of rotatable bonds is 4. The highest BCUT2D eigenvalue weighted by atomic mass is 32.1. The number of nitrogens with zero attached hydrogens (tertiary/aromatic N) is 2. The standard InChI is InChI=1S/C15H16N2S/c1-3-17(11-15-5-4-8-18-15)14-7-6-13(10-16)12(2)9-14/h4-9H,3,11H2,1-2H3. The van der Waals surface area contributed by atoms with Gasteiger partial charge in [-0.2, -0.15) is 5.26 Å². The number of hydrogen-bond donors (Lipinski definition) is 0. The smallest absolute Gasteiger partial charge is 0.0994 e. The van der Waals surface area contributed by atoms with Gasteiger partial charge in [-0.05, 0) is 49.1 Å². The fourth-order valence-electron chi connectivity index (χ4n) is 1.95. The van der Waals surface area contributed by atoms with Crippen molar-refractivity contribution >= 4 is 17.0 Å². The molecule has 0 saturated carbocycles. The first-order chi connectivity index (χ1) is 8.74. The van der Waals surface area contributed by atoms with E-state index in [-0.39, 0.29) is 0 Å². The van der Waals surface area contributed by atoms with Crippen LogP contribution in [0.5, 0.6) is 0 Å². The van der Waals surface area contributed by atoms with Crippen LogP contribution >= 0.6 is 11.3 Å². The predicted octanol–water partition coefficient (Wildman–Crippen LogP) is 3.95. The lowest BCUT2D eigenvalue weighted by atomic mass is 10.1. The molecule has 0 aliphatic carbocycles. The Hall–Kier alpha value is -1.79. The molecular weight excluding hydrogens is 240 g/mol. The van der Waals surface area contributed by atoms with Crippen molar-refractivity contribution in [2.45, 2.75) is 20.4 Å². The molecule has 0 N–H and O–H groups in total. The summed E-state index contributed by atoms with van der Waals surface area (Å²) < 4.78 is 0. The summed E-state index contributed by atoms with van der Waals surface area (Å²) >= 11 is 1.78. The second-order valence-electron chi connectivity index (χ2n) is 4.20. The minimum Gasteiger partial charge on any atom is -0.367 e. The van der Waals surface area contributed by atoms with Gasteiger partial charge in [0.2, 0.25) is 0 Å². The maximum atomic E-state index is 8.95. The Morgan fingerprint density at radius 3 is 2.72 bits per heavy atom. The Bertz CT molecular complexity index is 552. The van der Waals surface area contributed by atoms with Crippen molar-refractivity contribution in [3.8, 4) is 6.07 Å². The van der Waals surface area contributed by atoms with E-state index in [9.17, 15) is 0 Å². The van der Waals surface area contributed by atoms with Crippen LogP contribution in [-0.2, 0) is 6.54 Å². The van der Waals surface area contributed by atoms with Crippen molar-refractivity contribution in [2.75, 3.05) is 11.4 Å². The fourth-order valence-corrected chi connectivity index (χ4v) is 2.67. The molecule has 1 heterocycles. The van der Waals surface area contributed by atoms with Gasteiger partial charge in [0.05, 0.1) is 18.2 Å². The topological polar surface area (TPSA) is 27.0 Å². The molecule has 1 aromatic carbocycles. The number of thiophene rings is 1. The molecule has 92 valence electrons. The Labute approximate surface area is 112 Å². The van der Waals surface area contributed by atoms with Gasteiger partial charge in [-0.25, -0.2) is 0 Å². The Morgan fingerprint density at radius 2 is 2.17 bits per heavy atom. The zero-order chi connectivity index (χ0) is 13.0. The van der Waals surface area contributed by atoms with E-state index in [1.54, 1.807) is 11.3 Å². The predicted molar refractivity (Wildman–Crippen MR) is 76.9 cm³/mol. The molecule has 0 bridgehead atoms. The molecule has 0 saturated heterocycles. The lowest BCUT2D eigenvalue weighted by molar-refractivity contribution is 0.842. The van der Waals surface area contributed by atoms with Crippen molar-refractivity contribution in [1.82, 2.24) is 0 Å². The van der Waals surface area contributed by atoms with Crippen molar-refractivity contribution in [3.63, 3.8) is 0 Å². The third kappa shape index (κ3) is 2.72. The van der Waals surface area contributed by atoms with Gasteiger partial charge in [-0.3, -0.25) is 0 Å². The molecule has 0 atom stereocenters. The van der Waals surface area contributed by atoms with Crippen LogP contribution in [-0.4, -0.2) is 6.54 Å². The Morgan fingerprint density at radius 1 is 1.33 bits per heavy atom. The summed E-state index contributed by atoms with van der Waals surface area (Å²) in [6, 6.07) is 12.5. The van der Waals surface area contributed by atoms with Crippen LogP contribution in [0.3, 0.4) is 0 Å². The Kier molecular flexibility index (Phi) is 4.01. The summed E-state index contributed by atoms with van der Waals surface area (Å²) in [6.07, 6.45) is 0. The first-order valence-electron chi connectivity index (χ1n) is 6.02. The zero-order valence-corrected chi connectivity index (χ0v) is 11.5. The third-order valence-corrected chi connectivity index (χ3v) is 3.87. The van der Waals surface area contributed by atoms with E-state index in [0.717, 1.165) is 24.2 Å². The van der Waals surface area contributed by atoms with E-state index in [0.29, 0.717) is 0 Å². The van der Waals surface area contributed by atoms with Crippen molar-refractivity contribution in [1.29, 1.82) is 5.26 Å². The molecule has 2 nitrogen and oxygen atoms in total. The van der Waals surface area contributed by atoms with Gasteiger partial charge in [-0.15, -0.1) is 11.3 Å².